The molecule has 0 bridgehead atoms. The van der Waals surface area contributed by atoms with Crippen LogP contribution in [0.15, 0.2) is 54.6 Å². The lowest BCUT2D eigenvalue weighted by atomic mass is 10.1. The quantitative estimate of drug-likeness (QED) is 0.404. The fourth-order valence-electron chi connectivity index (χ4n) is 3.39. The first-order valence-corrected chi connectivity index (χ1v) is 11.4. The van der Waals surface area contributed by atoms with Gasteiger partial charge < -0.3 is 10.6 Å². The van der Waals surface area contributed by atoms with E-state index in [1.54, 1.807) is 6.07 Å². The average molecular weight is 447 g/mol. The van der Waals surface area contributed by atoms with Gasteiger partial charge in [-0.2, -0.15) is 5.10 Å². The molecule has 0 fully saturated rings. The van der Waals surface area contributed by atoms with E-state index in [0.717, 1.165) is 27.0 Å². The number of carbonyl (C=O) groups excluding carboxylic acids is 2. The Labute approximate surface area is 191 Å². The normalized spacial score (nSPS) is 11.2. The van der Waals surface area contributed by atoms with Crippen LogP contribution in [0, 0.1) is 19.8 Å². The Kier molecular flexibility index (Phi) is 6.10. The van der Waals surface area contributed by atoms with Gasteiger partial charge in [-0.1, -0.05) is 50.2 Å². The zero-order valence-electron chi connectivity index (χ0n) is 18.6. The minimum absolute atomic E-state index is 0.0610. The molecule has 0 aliphatic heterocycles. The predicted octanol–water partition coefficient (Wildman–Crippen LogP) is 5.61. The van der Waals surface area contributed by atoms with Crippen molar-refractivity contribution < 1.29 is 9.59 Å². The fraction of sp³-hybridized carbons (Fsp3) is 0.240. The van der Waals surface area contributed by atoms with E-state index < -0.39 is 0 Å². The number of thiophene rings is 1. The van der Waals surface area contributed by atoms with E-state index in [2.05, 4.69) is 27.9 Å². The Balaban J connectivity index is 1.57. The first-order valence-electron chi connectivity index (χ1n) is 10.6. The number of benzene rings is 2. The van der Waals surface area contributed by atoms with Gasteiger partial charge in [0.2, 0.25) is 5.91 Å². The molecule has 0 saturated heterocycles. The van der Waals surface area contributed by atoms with Gasteiger partial charge in [-0.05, 0) is 43.2 Å². The lowest BCUT2D eigenvalue weighted by Gasteiger charge is -2.12. The van der Waals surface area contributed by atoms with E-state index in [1.807, 2.05) is 68.8 Å². The number of hydrogen-bond acceptors (Lipinski definition) is 4. The SMILES string of the molecule is Cc1ccc(NC(=O)C(C)C)cc1NC(=O)c1cc2c(C)nn(Cc3ccccc3)c2s1. The van der Waals surface area contributed by atoms with E-state index in [0.29, 0.717) is 22.8 Å². The molecule has 0 aliphatic carbocycles. The first kappa shape index (κ1) is 21.8. The first-order chi connectivity index (χ1) is 15.3. The lowest BCUT2D eigenvalue weighted by Crippen LogP contribution is -2.18. The molecule has 0 aliphatic rings. The van der Waals surface area contributed by atoms with Gasteiger partial charge in [-0.3, -0.25) is 14.3 Å². The fourth-order valence-corrected chi connectivity index (χ4v) is 4.45. The van der Waals surface area contributed by atoms with E-state index >= 15 is 0 Å². The molecule has 7 heteroatoms. The molecule has 2 N–H and O–H groups in total. The highest BCUT2D eigenvalue weighted by Crippen LogP contribution is 2.30. The molecule has 0 atom stereocenters. The molecule has 0 saturated carbocycles. The van der Waals surface area contributed by atoms with Crippen LogP contribution in [0.2, 0.25) is 0 Å². The summed E-state index contributed by atoms with van der Waals surface area (Å²) in [4.78, 5) is 26.7. The number of nitrogens with one attached hydrogen (secondary N) is 2. The highest BCUT2D eigenvalue weighted by atomic mass is 32.1. The molecule has 2 heterocycles. The van der Waals surface area contributed by atoms with Crippen molar-refractivity contribution in [2.45, 2.75) is 34.2 Å². The number of rotatable bonds is 6. The number of fused-ring (bicyclic) bond motifs is 1. The second-order valence-electron chi connectivity index (χ2n) is 8.19. The Morgan fingerprint density at radius 2 is 1.78 bits per heavy atom. The van der Waals surface area contributed by atoms with Gasteiger partial charge in [0.05, 0.1) is 17.1 Å². The molecule has 4 rings (SSSR count). The molecule has 2 aromatic heterocycles. The largest absolute Gasteiger partial charge is 0.326 e. The summed E-state index contributed by atoms with van der Waals surface area (Å²) >= 11 is 1.43. The summed E-state index contributed by atoms with van der Waals surface area (Å²) in [6.45, 7) is 8.23. The van der Waals surface area contributed by atoms with Crippen molar-refractivity contribution in [2.75, 3.05) is 10.6 Å². The maximum Gasteiger partial charge on any atom is 0.265 e. The van der Waals surface area contributed by atoms with Crippen LogP contribution in [0.4, 0.5) is 11.4 Å². The van der Waals surface area contributed by atoms with Gasteiger partial charge in [0.1, 0.15) is 4.83 Å². The predicted molar refractivity (Wildman–Crippen MR) is 130 cm³/mol. The standard InChI is InChI=1S/C25H26N4O2S/c1-15(2)23(30)26-19-11-10-16(3)21(12-19)27-24(31)22-13-20-17(4)28-29(25(20)32-22)14-18-8-6-5-7-9-18/h5-13,15H,14H2,1-4H3,(H,26,30)(H,27,31). The van der Waals surface area contributed by atoms with E-state index in [1.165, 1.54) is 11.3 Å². The molecule has 2 amide bonds. The third kappa shape index (κ3) is 4.57. The van der Waals surface area contributed by atoms with Crippen molar-refractivity contribution in [3.05, 3.63) is 76.3 Å². The molecular formula is C25H26N4O2S. The van der Waals surface area contributed by atoms with Crippen molar-refractivity contribution in [3.63, 3.8) is 0 Å². The molecule has 2 aromatic carbocycles. The molecule has 4 aromatic rings. The second kappa shape index (κ2) is 8.96. The highest BCUT2D eigenvalue weighted by molar-refractivity contribution is 7.20. The second-order valence-corrected chi connectivity index (χ2v) is 9.22. The maximum absolute atomic E-state index is 13.0. The molecule has 164 valence electrons. The zero-order valence-corrected chi connectivity index (χ0v) is 19.4. The van der Waals surface area contributed by atoms with Gasteiger partial charge in [0.25, 0.3) is 5.91 Å². The molecule has 32 heavy (non-hydrogen) atoms. The summed E-state index contributed by atoms with van der Waals surface area (Å²) in [5.41, 5.74) is 4.33. The summed E-state index contributed by atoms with van der Waals surface area (Å²) < 4.78 is 1.95. The van der Waals surface area contributed by atoms with Crippen molar-refractivity contribution in [1.29, 1.82) is 0 Å². The Morgan fingerprint density at radius 3 is 2.50 bits per heavy atom. The third-order valence-corrected chi connectivity index (χ3v) is 6.43. The Hall–Kier alpha value is -3.45. The number of aryl methyl sites for hydroxylation is 2. The maximum atomic E-state index is 13.0. The van der Waals surface area contributed by atoms with Crippen molar-refractivity contribution in [1.82, 2.24) is 9.78 Å². The van der Waals surface area contributed by atoms with Gasteiger partial charge >= 0.3 is 0 Å². The van der Waals surface area contributed by atoms with Crippen LogP contribution in [0.5, 0.6) is 0 Å². The number of nitrogens with zero attached hydrogens (tertiary/aromatic N) is 2. The van der Waals surface area contributed by atoms with Gasteiger partial charge in [-0.15, -0.1) is 11.3 Å². The third-order valence-electron chi connectivity index (χ3n) is 5.28. The van der Waals surface area contributed by atoms with Crippen LogP contribution in [-0.2, 0) is 11.3 Å². The Morgan fingerprint density at radius 1 is 1.03 bits per heavy atom. The summed E-state index contributed by atoms with van der Waals surface area (Å²) in [5, 5.41) is 11.5. The van der Waals surface area contributed by atoms with Gasteiger partial charge in [0, 0.05) is 22.7 Å². The zero-order chi connectivity index (χ0) is 22.8. The lowest BCUT2D eigenvalue weighted by molar-refractivity contribution is -0.118. The summed E-state index contributed by atoms with van der Waals surface area (Å²) in [6, 6.07) is 17.6. The van der Waals surface area contributed by atoms with Crippen LogP contribution >= 0.6 is 11.3 Å². The van der Waals surface area contributed by atoms with Crippen molar-refractivity contribution >= 4 is 44.7 Å². The monoisotopic (exact) mass is 446 g/mol. The molecule has 0 radical (unpaired) electrons. The van der Waals surface area contributed by atoms with Crippen LogP contribution in [-0.4, -0.2) is 21.6 Å². The number of carbonyl (C=O) groups is 2. The van der Waals surface area contributed by atoms with Crippen molar-refractivity contribution in [2.24, 2.45) is 5.92 Å². The Bertz CT molecular complexity index is 1290. The molecule has 0 spiro atoms. The summed E-state index contributed by atoms with van der Waals surface area (Å²) in [5.74, 6) is -0.354. The average Bonchev–Trinajstić information content (AvgIpc) is 3.32. The minimum atomic E-state index is -0.174. The van der Waals surface area contributed by atoms with Crippen LogP contribution in [0.25, 0.3) is 10.2 Å². The molecule has 6 nitrogen and oxygen atoms in total. The summed E-state index contributed by atoms with van der Waals surface area (Å²) in [7, 11) is 0. The summed E-state index contributed by atoms with van der Waals surface area (Å²) in [6.07, 6.45) is 0. The molecule has 0 unspecified atom stereocenters. The van der Waals surface area contributed by atoms with E-state index in [4.69, 9.17) is 0 Å². The smallest absolute Gasteiger partial charge is 0.265 e. The van der Waals surface area contributed by atoms with Crippen LogP contribution in [0.3, 0.4) is 0 Å². The van der Waals surface area contributed by atoms with Crippen molar-refractivity contribution in [3.8, 4) is 0 Å². The number of hydrogen-bond donors (Lipinski definition) is 2. The van der Waals surface area contributed by atoms with Crippen LogP contribution in [0.1, 0.15) is 40.3 Å². The van der Waals surface area contributed by atoms with Gasteiger partial charge in [0.15, 0.2) is 0 Å². The number of anilines is 2. The number of aromatic nitrogens is 2. The number of amides is 2. The van der Waals surface area contributed by atoms with E-state index in [-0.39, 0.29) is 17.7 Å². The highest BCUT2D eigenvalue weighted by Gasteiger charge is 2.18. The van der Waals surface area contributed by atoms with Crippen LogP contribution < -0.4 is 10.6 Å². The topological polar surface area (TPSA) is 76.0 Å². The van der Waals surface area contributed by atoms with Gasteiger partial charge in [-0.25, -0.2) is 0 Å². The van der Waals surface area contributed by atoms with E-state index in [9.17, 15) is 9.59 Å². The molecular weight excluding hydrogens is 420 g/mol. The minimum Gasteiger partial charge on any atom is -0.326 e.